The zero-order valence-electron chi connectivity index (χ0n) is 10.8. The Morgan fingerprint density at radius 2 is 1.95 bits per heavy atom. The summed E-state index contributed by atoms with van der Waals surface area (Å²) in [6, 6.07) is 11.0. The van der Waals surface area contributed by atoms with Crippen LogP contribution in [0.5, 0.6) is 0 Å². The van der Waals surface area contributed by atoms with Crippen molar-refractivity contribution in [3.05, 3.63) is 59.9 Å². The lowest BCUT2D eigenvalue weighted by molar-refractivity contribution is -0.123. The predicted octanol–water partition coefficient (Wildman–Crippen LogP) is 1.65. The van der Waals surface area contributed by atoms with Crippen LogP contribution in [-0.2, 0) is 16.8 Å². The third kappa shape index (κ3) is 2.80. The average molecular weight is 255 g/mol. The highest BCUT2D eigenvalue weighted by molar-refractivity contribution is 5.91. The molecule has 0 saturated carbocycles. The van der Waals surface area contributed by atoms with E-state index in [4.69, 9.17) is 11.5 Å². The van der Waals surface area contributed by atoms with Crippen LogP contribution in [-0.4, -0.2) is 10.8 Å². The summed E-state index contributed by atoms with van der Waals surface area (Å²) >= 11 is 0. The van der Waals surface area contributed by atoms with Crippen molar-refractivity contribution < 1.29 is 4.79 Å². The minimum atomic E-state index is -1.02. The molecule has 0 spiro atoms. The van der Waals surface area contributed by atoms with Crippen molar-refractivity contribution in [1.82, 2.24) is 4.98 Å². The Morgan fingerprint density at radius 3 is 2.58 bits per heavy atom. The molecule has 0 radical (unpaired) electrons. The molecule has 1 unspecified atom stereocenters. The fourth-order valence-electron chi connectivity index (χ4n) is 1.89. The van der Waals surface area contributed by atoms with Gasteiger partial charge in [-0.1, -0.05) is 30.3 Å². The summed E-state index contributed by atoms with van der Waals surface area (Å²) in [5, 5.41) is 0. The Kier molecular flexibility index (Phi) is 3.62. The first-order valence-corrected chi connectivity index (χ1v) is 6.08. The van der Waals surface area contributed by atoms with Crippen LogP contribution in [0.25, 0.3) is 0 Å². The molecule has 19 heavy (non-hydrogen) atoms. The summed E-state index contributed by atoms with van der Waals surface area (Å²) in [5.41, 5.74) is 13.0. The second-order valence-corrected chi connectivity index (χ2v) is 4.74. The fourth-order valence-corrected chi connectivity index (χ4v) is 1.89. The minimum absolute atomic E-state index is 0.0848. The number of nitrogen functional groups attached to an aromatic ring is 1. The zero-order valence-corrected chi connectivity index (χ0v) is 10.8. The van der Waals surface area contributed by atoms with Gasteiger partial charge in [0.25, 0.3) is 0 Å². The Labute approximate surface area is 112 Å². The van der Waals surface area contributed by atoms with Gasteiger partial charge in [-0.15, -0.1) is 0 Å². The van der Waals surface area contributed by atoms with E-state index in [0.29, 0.717) is 11.3 Å². The van der Waals surface area contributed by atoms with E-state index < -0.39 is 5.54 Å². The first-order valence-electron chi connectivity index (χ1n) is 6.08. The highest BCUT2D eigenvalue weighted by Gasteiger charge is 2.30. The Hall–Kier alpha value is -2.20. The van der Waals surface area contributed by atoms with E-state index in [2.05, 4.69) is 4.98 Å². The van der Waals surface area contributed by atoms with Crippen LogP contribution in [0, 0.1) is 0 Å². The number of nitrogens with two attached hydrogens (primary N) is 2. The number of nitrogens with zero attached hydrogens (tertiary/aromatic N) is 1. The fraction of sp³-hybridized carbons (Fsp3) is 0.200. The van der Waals surface area contributed by atoms with Crippen molar-refractivity contribution >= 4 is 11.5 Å². The van der Waals surface area contributed by atoms with Crippen molar-refractivity contribution in [2.75, 3.05) is 5.73 Å². The molecule has 0 amide bonds. The Balaban J connectivity index is 2.23. The Bertz CT molecular complexity index is 579. The number of aromatic nitrogens is 1. The lowest BCUT2D eigenvalue weighted by atomic mass is 9.86. The molecule has 0 aliphatic heterocycles. The molecule has 1 aromatic heterocycles. The summed E-state index contributed by atoms with van der Waals surface area (Å²) in [7, 11) is 0. The van der Waals surface area contributed by atoms with Gasteiger partial charge in [0.05, 0.1) is 5.54 Å². The quantitative estimate of drug-likeness (QED) is 0.870. The number of carbonyl (C=O) groups is 1. The van der Waals surface area contributed by atoms with Crippen molar-refractivity contribution in [3.8, 4) is 0 Å². The first-order chi connectivity index (χ1) is 9.01. The molecule has 4 heteroatoms. The van der Waals surface area contributed by atoms with E-state index in [1.165, 1.54) is 0 Å². The van der Waals surface area contributed by atoms with E-state index in [1.54, 1.807) is 25.4 Å². The number of hydrogen-bond donors (Lipinski definition) is 2. The first kappa shape index (κ1) is 13.2. The van der Waals surface area contributed by atoms with Gasteiger partial charge in [0.2, 0.25) is 0 Å². The number of hydrogen-bond acceptors (Lipinski definition) is 4. The van der Waals surface area contributed by atoms with Crippen molar-refractivity contribution in [1.29, 1.82) is 0 Å². The molecule has 0 aliphatic rings. The van der Waals surface area contributed by atoms with Gasteiger partial charge in [-0.3, -0.25) is 9.78 Å². The molecule has 2 rings (SSSR count). The van der Waals surface area contributed by atoms with Gasteiger partial charge in [-0.2, -0.15) is 0 Å². The maximum atomic E-state index is 12.4. The molecule has 1 heterocycles. The number of rotatable bonds is 4. The van der Waals surface area contributed by atoms with Crippen molar-refractivity contribution in [2.24, 2.45) is 5.73 Å². The smallest absolute Gasteiger partial charge is 0.161 e. The van der Waals surface area contributed by atoms with Crippen LogP contribution in [0.15, 0.2) is 48.8 Å². The second kappa shape index (κ2) is 5.20. The van der Waals surface area contributed by atoms with Gasteiger partial charge >= 0.3 is 0 Å². The maximum Gasteiger partial charge on any atom is 0.161 e. The third-order valence-electron chi connectivity index (χ3n) is 3.25. The van der Waals surface area contributed by atoms with Gasteiger partial charge in [0.15, 0.2) is 5.78 Å². The van der Waals surface area contributed by atoms with Crippen molar-refractivity contribution in [3.63, 3.8) is 0 Å². The maximum absolute atomic E-state index is 12.4. The summed E-state index contributed by atoms with van der Waals surface area (Å²) in [5.74, 6) is -0.0848. The predicted molar refractivity (Wildman–Crippen MR) is 75.3 cm³/mol. The van der Waals surface area contributed by atoms with Crippen molar-refractivity contribution in [2.45, 2.75) is 18.9 Å². The number of Topliss-reactive ketones (excluding diaryl/α,β-unsaturated/α-hetero) is 1. The monoisotopic (exact) mass is 255 g/mol. The molecule has 1 atom stereocenters. The molecule has 2 aromatic rings. The van der Waals surface area contributed by atoms with E-state index in [1.807, 2.05) is 30.3 Å². The number of anilines is 1. The third-order valence-corrected chi connectivity index (χ3v) is 3.25. The van der Waals surface area contributed by atoms with Crippen LogP contribution in [0.2, 0.25) is 0 Å². The highest BCUT2D eigenvalue weighted by Crippen LogP contribution is 2.21. The highest BCUT2D eigenvalue weighted by atomic mass is 16.1. The SMILES string of the molecule is CC(N)(C(=O)Cc1cnccc1N)c1ccccc1. The van der Waals surface area contributed by atoms with E-state index in [9.17, 15) is 4.79 Å². The number of ketones is 1. The van der Waals surface area contributed by atoms with Gasteiger partial charge < -0.3 is 11.5 Å². The van der Waals surface area contributed by atoms with Crippen LogP contribution in [0.4, 0.5) is 5.69 Å². The van der Waals surface area contributed by atoms with Crippen LogP contribution in [0.1, 0.15) is 18.1 Å². The molecule has 0 aliphatic carbocycles. The van der Waals surface area contributed by atoms with Crippen LogP contribution >= 0.6 is 0 Å². The average Bonchev–Trinajstić information content (AvgIpc) is 2.42. The van der Waals surface area contributed by atoms with Crippen LogP contribution in [0.3, 0.4) is 0 Å². The summed E-state index contributed by atoms with van der Waals surface area (Å²) in [4.78, 5) is 16.4. The Morgan fingerprint density at radius 1 is 1.26 bits per heavy atom. The summed E-state index contributed by atoms with van der Waals surface area (Å²) < 4.78 is 0. The molecular weight excluding hydrogens is 238 g/mol. The zero-order chi connectivity index (χ0) is 13.9. The van der Waals surface area contributed by atoms with E-state index >= 15 is 0 Å². The molecular formula is C15H17N3O. The number of pyridine rings is 1. The molecule has 0 bridgehead atoms. The molecule has 1 aromatic carbocycles. The summed E-state index contributed by atoms with van der Waals surface area (Å²) in [6.45, 7) is 1.72. The van der Waals surface area contributed by atoms with E-state index in [-0.39, 0.29) is 12.2 Å². The second-order valence-electron chi connectivity index (χ2n) is 4.74. The minimum Gasteiger partial charge on any atom is -0.398 e. The summed E-state index contributed by atoms with van der Waals surface area (Å²) in [6.07, 6.45) is 3.39. The molecule has 0 saturated heterocycles. The lowest BCUT2D eigenvalue weighted by Crippen LogP contribution is -2.42. The van der Waals surface area contributed by atoms with Gasteiger partial charge in [0.1, 0.15) is 0 Å². The largest absolute Gasteiger partial charge is 0.398 e. The molecule has 0 fully saturated rings. The standard InChI is InChI=1S/C15H17N3O/c1-15(17,12-5-3-2-4-6-12)14(19)9-11-10-18-8-7-13(11)16/h2-8,10H,9,17H2,1H3,(H2,16,18). The normalized spacial score (nSPS) is 13.8. The molecule has 4 N–H and O–H groups in total. The number of benzene rings is 1. The topological polar surface area (TPSA) is 82.0 Å². The number of carbonyl (C=O) groups excluding carboxylic acids is 1. The van der Waals surface area contributed by atoms with E-state index in [0.717, 1.165) is 5.56 Å². The van der Waals surface area contributed by atoms with Gasteiger partial charge in [-0.05, 0) is 18.6 Å². The lowest BCUT2D eigenvalue weighted by Gasteiger charge is -2.23. The van der Waals surface area contributed by atoms with Gasteiger partial charge in [-0.25, -0.2) is 0 Å². The molecule has 4 nitrogen and oxygen atoms in total. The van der Waals surface area contributed by atoms with Gasteiger partial charge in [0, 0.05) is 30.1 Å². The van der Waals surface area contributed by atoms with Crippen LogP contribution < -0.4 is 11.5 Å². The molecule has 98 valence electrons.